The lowest BCUT2D eigenvalue weighted by atomic mass is 10.1. The standard InChI is InChI=1S/C9H10F2O2/c10-9(11,5-6-12)7-1-3-8(13)4-2-7/h1-4,12-13H,5-6H2. The monoisotopic (exact) mass is 188 g/mol. The summed E-state index contributed by atoms with van der Waals surface area (Å²) in [6, 6.07) is 4.68. The maximum Gasteiger partial charge on any atom is 0.275 e. The first-order chi connectivity index (χ1) is 6.06. The maximum atomic E-state index is 13.0. The third-order valence-corrected chi connectivity index (χ3v) is 1.72. The number of alkyl halides is 2. The summed E-state index contributed by atoms with van der Waals surface area (Å²) >= 11 is 0. The van der Waals surface area contributed by atoms with E-state index >= 15 is 0 Å². The highest BCUT2D eigenvalue weighted by Crippen LogP contribution is 2.31. The Bertz CT molecular complexity index is 269. The van der Waals surface area contributed by atoms with Crippen molar-refractivity contribution in [3.63, 3.8) is 0 Å². The molecule has 1 rings (SSSR count). The molecule has 0 heterocycles. The molecule has 0 aromatic heterocycles. The van der Waals surface area contributed by atoms with Crippen LogP contribution in [0.25, 0.3) is 0 Å². The van der Waals surface area contributed by atoms with Crippen molar-refractivity contribution in [1.29, 1.82) is 0 Å². The molecule has 72 valence electrons. The summed E-state index contributed by atoms with van der Waals surface area (Å²) in [6.45, 7) is -0.562. The van der Waals surface area contributed by atoms with Crippen LogP contribution < -0.4 is 0 Å². The normalized spacial score (nSPS) is 11.6. The molecular formula is C9H10F2O2. The number of phenols is 1. The average Bonchev–Trinajstić information content (AvgIpc) is 2.05. The van der Waals surface area contributed by atoms with Gasteiger partial charge in [-0.25, -0.2) is 8.78 Å². The zero-order valence-corrected chi connectivity index (χ0v) is 6.87. The predicted octanol–water partition coefficient (Wildman–Crippen LogP) is 1.87. The zero-order chi connectivity index (χ0) is 9.90. The minimum atomic E-state index is -3.03. The quantitative estimate of drug-likeness (QED) is 0.760. The van der Waals surface area contributed by atoms with E-state index < -0.39 is 19.0 Å². The number of aromatic hydroxyl groups is 1. The molecule has 0 spiro atoms. The third kappa shape index (κ3) is 2.39. The first kappa shape index (κ1) is 9.92. The number of phenolic OH excluding ortho intramolecular Hbond substituents is 1. The van der Waals surface area contributed by atoms with Crippen LogP contribution in [0.2, 0.25) is 0 Å². The lowest BCUT2D eigenvalue weighted by Crippen LogP contribution is -2.14. The Morgan fingerprint density at radius 3 is 2.15 bits per heavy atom. The first-order valence-electron chi connectivity index (χ1n) is 3.84. The summed E-state index contributed by atoms with van der Waals surface area (Å²) in [5.41, 5.74) is -0.195. The fourth-order valence-corrected chi connectivity index (χ4v) is 0.990. The van der Waals surface area contributed by atoms with Gasteiger partial charge >= 0.3 is 0 Å². The van der Waals surface area contributed by atoms with E-state index in [9.17, 15) is 8.78 Å². The average molecular weight is 188 g/mol. The van der Waals surface area contributed by atoms with Crippen molar-refractivity contribution in [3.05, 3.63) is 29.8 Å². The molecule has 0 saturated heterocycles. The van der Waals surface area contributed by atoms with Gasteiger partial charge in [0.1, 0.15) is 5.75 Å². The Morgan fingerprint density at radius 1 is 1.15 bits per heavy atom. The van der Waals surface area contributed by atoms with Crippen molar-refractivity contribution in [2.45, 2.75) is 12.3 Å². The SMILES string of the molecule is OCCC(F)(F)c1ccc(O)cc1. The molecule has 0 fully saturated rings. The molecule has 0 saturated carbocycles. The lowest BCUT2D eigenvalue weighted by Gasteiger charge is -2.14. The molecule has 0 amide bonds. The number of aliphatic hydroxyl groups excluding tert-OH is 1. The molecule has 0 unspecified atom stereocenters. The van der Waals surface area contributed by atoms with Crippen LogP contribution in [0.3, 0.4) is 0 Å². The molecule has 1 aromatic rings. The van der Waals surface area contributed by atoms with Crippen LogP contribution in [0, 0.1) is 0 Å². The molecule has 0 aliphatic rings. The van der Waals surface area contributed by atoms with Crippen molar-refractivity contribution in [3.8, 4) is 5.75 Å². The number of hydrogen-bond acceptors (Lipinski definition) is 2. The lowest BCUT2D eigenvalue weighted by molar-refractivity contribution is -0.0269. The molecule has 0 bridgehead atoms. The van der Waals surface area contributed by atoms with E-state index in [0.29, 0.717) is 0 Å². The smallest absolute Gasteiger partial charge is 0.275 e. The summed E-state index contributed by atoms with van der Waals surface area (Å²) < 4.78 is 26.1. The fourth-order valence-electron chi connectivity index (χ4n) is 0.990. The third-order valence-electron chi connectivity index (χ3n) is 1.72. The Morgan fingerprint density at radius 2 is 1.69 bits per heavy atom. The second-order valence-electron chi connectivity index (χ2n) is 2.72. The van der Waals surface area contributed by atoms with Crippen LogP contribution in [0.5, 0.6) is 5.75 Å². The summed E-state index contributed by atoms with van der Waals surface area (Å²) in [5.74, 6) is -3.08. The molecular weight excluding hydrogens is 178 g/mol. The van der Waals surface area contributed by atoms with Gasteiger partial charge in [-0.15, -0.1) is 0 Å². The van der Waals surface area contributed by atoms with E-state index in [1.807, 2.05) is 0 Å². The number of hydrogen-bond donors (Lipinski definition) is 2. The largest absolute Gasteiger partial charge is 0.508 e. The van der Waals surface area contributed by atoms with Gasteiger partial charge in [0.2, 0.25) is 0 Å². The van der Waals surface area contributed by atoms with Gasteiger partial charge in [0.05, 0.1) is 0 Å². The molecule has 4 heteroatoms. The minimum Gasteiger partial charge on any atom is -0.508 e. The number of rotatable bonds is 3. The van der Waals surface area contributed by atoms with Crippen LogP contribution >= 0.6 is 0 Å². The molecule has 2 N–H and O–H groups in total. The van der Waals surface area contributed by atoms with E-state index in [4.69, 9.17) is 10.2 Å². The van der Waals surface area contributed by atoms with Crippen LogP contribution in [-0.4, -0.2) is 16.8 Å². The molecule has 13 heavy (non-hydrogen) atoms. The van der Waals surface area contributed by atoms with Gasteiger partial charge in [-0.2, -0.15) is 0 Å². The van der Waals surface area contributed by atoms with E-state index in [2.05, 4.69) is 0 Å². The maximum absolute atomic E-state index is 13.0. The zero-order valence-electron chi connectivity index (χ0n) is 6.87. The van der Waals surface area contributed by atoms with Gasteiger partial charge in [0.15, 0.2) is 0 Å². The van der Waals surface area contributed by atoms with Crippen molar-refractivity contribution in [1.82, 2.24) is 0 Å². The van der Waals surface area contributed by atoms with E-state index in [1.54, 1.807) is 0 Å². The molecule has 1 aromatic carbocycles. The van der Waals surface area contributed by atoms with Gasteiger partial charge in [0, 0.05) is 18.6 Å². The van der Waals surface area contributed by atoms with Gasteiger partial charge in [0.25, 0.3) is 5.92 Å². The molecule has 2 nitrogen and oxygen atoms in total. The second-order valence-corrected chi connectivity index (χ2v) is 2.72. The molecule has 0 radical (unpaired) electrons. The van der Waals surface area contributed by atoms with Crippen LogP contribution in [0.15, 0.2) is 24.3 Å². The van der Waals surface area contributed by atoms with Gasteiger partial charge < -0.3 is 10.2 Å². The van der Waals surface area contributed by atoms with Gasteiger partial charge in [-0.1, -0.05) is 0 Å². The van der Waals surface area contributed by atoms with Crippen LogP contribution in [0.4, 0.5) is 8.78 Å². The van der Waals surface area contributed by atoms with Crippen molar-refractivity contribution in [2.75, 3.05) is 6.61 Å². The number of benzene rings is 1. The topological polar surface area (TPSA) is 40.5 Å². The highest BCUT2D eigenvalue weighted by atomic mass is 19.3. The number of aliphatic hydroxyl groups is 1. The summed E-state index contributed by atoms with van der Waals surface area (Å²) in [5, 5.41) is 17.2. The highest BCUT2D eigenvalue weighted by Gasteiger charge is 2.30. The predicted molar refractivity (Wildman–Crippen MR) is 43.7 cm³/mol. The second kappa shape index (κ2) is 3.70. The van der Waals surface area contributed by atoms with E-state index in [1.165, 1.54) is 12.1 Å². The van der Waals surface area contributed by atoms with Crippen molar-refractivity contribution >= 4 is 0 Å². The van der Waals surface area contributed by atoms with Crippen molar-refractivity contribution in [2.24, 2.45) is 0 Å². The van der Waals surface area contributed by atoms with Gasteiger partial charge in [-0.3, -0.25) is 0 Å². The number of halogens is 2. The molecule has 0 atom stereocenters. The van der Waals surface area contributed by atoms with E-state index in [-0.39, 0.29) is 11.3 Å². The summed E-state index contributed by atoms with van der Waals surface area (Å²) in [6.07, 6.45) is -0.599. The van der Waals surface area contributed by atoms with Crippen LogP contribution in [-0.2, 0) is 5.92 Å². The van der Waals surface area contributed by atoms with Crippen molar-refractivity contribution < 1.29 is 19.0 Å². The Kier molecular flexibility index (Phi) is 2.83. The summed E-state index contributed by atoms with van der Waals surface area (Å²) in [4.78, 5) is 0. The van der Waals surface area contributed by atoms with E-state index in [0.717, 1.165) is 12.1 Å². The Hall–Kier alpha value is -1.16. The summed E-state index contributed by atoms with van der Waals surface area (Å²) in [7, 11) is 0. The Labute approximate surface area is 74.4 Å². The van der Waals surface area contributed by atoms with Gasteiger partial charge in [-0.05, 0) is 24.3 Å². The minimum absolute atomic E-state index is 0.0523. The molecule has 0 aliphatic carbocycles. The van der Waals surface area contributed by atoms with Crippen LogP contribution in [0.1, 0.15) is 12.0 Å². The highest BCUT2D eigenvalue weighted by molar-refractivity contribution is 5.28. The first-order valence-corrected chi connectivity index (χ1v) is 3.84. The molecule has 0 aliphatic heterocycles. The Balaban J connectivity index is 2.87. The fraction of sp³-hybridized carbons (Fsp3) is 0.333.